The smallest absolute Gasteiger partial charge is 0.155 e. The van der Waals surface area contributed by atoms with Gasteiger partial charge in [0.2, 0.25) is 0 Å². The molecule has 4 heteroatoms. The molecule has 2 aromatic heterocycles. The first-order valence-electron chi connectivity index (χ1n) is 7.44. The molecule has 1 aromatic carbocycles. The highest BCUT2D eigenvalue weighted by atomic mass is 15.2. The van der Waals surface area contributed by atoms with Crippen molar-refractivity contribution in [2.75, 3.05) is 5.32 Å². The van der Waals surface area contributed by atoms with Crippen molar-refractivity contribution in [1.82, 2.24) is 14.6 Å². The second kappa shape index (κ2) is 4.88. The quantitative estimate of drug-likeness (QED) is 0.800. The molecule has 21 heavy (non-hydrogen) atoms. The Morgan fingerprint density at radius 1 is 1.19 bits per heavy atom. The van der Waals surface area contributed by atoms with Gasteiger partial charge in [0, 0.05) is 36.3 Å². The van der Waals surface area contributed by atoms with Gasteiger partial charge in [0.1, 0.15) is 0 Å². The lowest BCUT2D eigenvalue weighted by Gasteiger charge is -2.08. The standard InChI is InChI=1S/C17H18N4/c1-12-7-17-19-10-13(11-21(17)20-12)9-18-16-6-5-14-3-2-4-15(14)8-16/h5-8,10-11,18H,2-4,9H2,1H3. The summed E-state index contributed by atoms with van der Waals surface area (Å²) in [5.74, 6) is 0. The van der Waals surface area contributed by atoms with E-state index < -0.39 is 0 Å². The van der Waals surface area contributed by atoms with E-state index >= 15 is 0 Å². The van der Waals surface area contributed by atoms with Gasteiger partial charge in [-0.15, -0.1) is 0 Å². The second-order valence-electron chi connectivity index (χ2n) is 5.74. The molecular formula is C17H18N4. The average Bonchev–Trinajstić information content (AvgIpc) is 3.08. The predicted octanol–water partition coefficient (Wildman–Crippen LogP) is 3.14. The molecule has 4 rings (SSSR count). The fourth-order valence-corrected chi connectivity index (χ4v) is 3.01. The molecule has 0 unspecified atom stereocenters. The van der Waals surface area contributed by atoms with Crippen LogP contribution in [0, 0.1) is 6.92 Å². The fraction of sp³-hybridized carbons (Fsp3) is 0.294. The summed E-state index contributed by atoms with van der Waals surface area (Å²) in [6, 6.07) is 8.70. The largest absolute Gasteiger partial charge is 0.381 e. The Kier molecular flexibility index (Phi) is 2.88. The zero-order chi connectivity index (χ0) is 14.2. The lowest BCUT2D eigenvalue weighted by atomic mass is 10.1. The molecule has 0 amide bonds. The molecule has 3 aromatic rings. The summed E-state index contributed by atoms with van der Waals surface area (Å²) >= 11 is 0. The maximum absolute atomic E-state index is 4.43. The van der Waals surface area contributed by atoms with Gasteiger partial charge in [0.25, 0.3) is 0 Å². The van der Waals surface area contributed by atoms with Gasteiger partial charge in [-0.2, -0.15) is 5.10 Å². The lowest BCUT2D eigenvalue weighted by Crippen LogP contribution is -2.03. The van der Waals surface area contributed by atoms with Gasteiger partial charge in [0.15, 0.2) is 5.65 Å². The zero-order valence-corrected chi connectivity index (χ0v) is 12.1. The molecule has 0 radical (unpaired) electrons. The number of aromatic nitrogens is 3. The molecule has 0 saturated carbocycles. The number of hydrogen-bond donors (Lipinski definition) is 1. The van der Waals surface area contributed by atoms with Crippen molar-refractivity contribution in [3.8, 4) is 0 Å². The number of aryl methyl sites for hydroxylation is 3. The molecule has 0 spiro atoms. The number of fused-ring (bicyclic) bond motifs is 2. The minimum atomic E-state index is 0.765. The molecule has 1 aliphatic rings. The first-order chi connectivity index (χ1) is 10.3. The second-order valence-corrected chi connectivity index (χ2v) is 5.74. The molecule has 2 heterocycles. The van der Waals surface area contributed by atoms with Gasteiger partial charge in [0.05, 0.1) is 5.69 Å². The number of anilines is 1. The molecule has 0 saturated heterocycles. The van der Waals surface area contributed by atoms with E-state index in [2.05, 4.69) is 33.6 Å². The molecule has 0 aliphatic heterocycles. The normalized spacial score (nSPS) is 13.6. The van der Waals surface area contributed by atoms with Crippen molar-refractivity contribution >= 4 is 11.3 Å². The number of nitrogens with zero attached hydrogens (tertiary/aromatic N) is 3. The van der Waals surface area contributed by atoms with E-state index in [4.69, 9.17) is 0 Å². The van der Waals surface area contributed by atoms with E-state index in [-0.39, 0.29) is 0 Å². The number of rotatable bonds is 3. The summed E-state index contributed by atoms with van der Waals surface area (Å²) in [4.78, 5) is 4.43. The van der Waals surface area contributed by atoms with Crippen LogP contribution in [0.5, 0.6) is 0 Å². The Hall–Kier alpha value is -2.36. The third kappa shape index (κ3) is 2.37. The van der Waals surface area contributed by atoms with Gasteiger partial charge in [-0.05, 0) is 49.4 Å². The molecular weight excluding hydrogens is 260 g/mol. The molecule has 0 atom stereocenters. The third-order valence-electron chi connectivity index (χ3n) is 4.08. The van der Waals surface area contributed by atoms with Crippen molar-refractivity contribution in [1.29, 1.82) is 0 Å². The van der Waals surface area contributed by atoms with Crippen LogP contribution in [0.4, 0.5) is 5.69 Å². The summed E-state index contributed by atoms with van der Waals surface area (Å²) in [6.07, 6.45) is 7.68. The van der Waals surface area contributed by atoms with Crippen molar-refractivity contribution in [2.24, 2.45) is 0 Å². The highest BCUT2D eigenvalue weighted by Gasteiger charge is 2.10. The molecule has 0 fully saturated rings. The summed E-state index contributed by atoms with van der Waals surface area (Å²) in [5, 5.41) is 7.88. The van der Waals surface area contributed by atoms with Crippen LogP contribution in [-0.2, 0) is 19.4 Å². The van der Waals surface area contributed by atoms with E-state index in [9.17, 15) is 0 Å². The molecule has 1 aliphatic carbocycles. The molecule has 0 bridgehead atoms. The minimum absolute atomic E-state index is 0.765. The minimum Gasteiger partial charge on any atom is -0.381 e. The van der Waals surface area contributed by atoms with Crippen LogP contribution >= 0.6 is 0 Å². The van der Waals surface area contributed by atoms with Gasteiger partial charge in [-0.25, -0.2) is 9.50 Å². The van der Waals surface area contributed by atoms with Crippen molar-refractivity contribution in [3.63, 3.8) is 0 Å². The SMILES string of the molecule is Cc1cc2ncc(CNc3ccc4c(c3)CCC4)cn2n1. The summed E-state index contributed by atoms with van der Waals surface area (Å²) in [6.45, 7) is 2.75. The predicted molar refractivity (Wildman–Crippen MR) is 83.5 cm³/mol. The third-order valence-corrected chi connectivity index (χ3v) is 4.08. The van der Waals surface area contributed by atoms with Gasteiger partial charge < -0.3 is 5.32 Å². The van der Waals surface area contributed by atoms with Gasteiger partial charge in [-0.3, -0.25) is 0 Å². The van der Waals surface area contributed by atoms with E-state index in [1.165, 1.54) is 36.1 Å². The van der Waals surface area contributed by atoms with Gasteiger partial charge in [-0.1, -0.05) is 6.07 Å². The Morgan fingerprint density at radius 2 is 2.10 bits per heavy atom. The number of hydrogen-bond acceptors (Lipinski definition) is 3. The topological polar surface area (TPSA) is 42.2 Å². The van der Waals surface area contributed by atoms with Crippen molar-refractivity contribution < 1.29 is 0 Å². The first kappa shape index (κ1) is 12.4. The van der Waals surface area contributed by atoms with Crippen LogP contribution in [0.1, 0.15) is 28.8 Å². The van der Waals surface area contributed by atoms with Crippen LogP contribution in [0.2, 0.25) is 0 Å². The van der Waals surface area contributed by atoms with Crippen LogP contribution in [0.3, 0.4) is 0 Å². The van der Waals surface area contributed by atoms with E-state index in [0.717, 1.165) is 23.4 Å². The summed E-state index contributed by atoms with van der Waals surface area (Å²) < 4.78 is 1.84. The van der Waals surface area contributed by atoms with E-state index in [1.807, 2.05) is 29.9 Å². The maximum Gasteiger partial charge on any atom is 0.155 e. The highest BCUT2D eigenvalue weighted by molar-refractivity contribution is 5.50. The monoisotopic (exact) mass is 278 g/mol. The Labute approximate surface area is 123 Å². The Bertz CT molecular complexity index is 804. The van der Waals surface area contributed by atoms with Crippen LogP contribution < -0.4 is 5.32 Å². The van der Waals surface area contributed by atoms with Crippen molar-refractivity contribution in [2.45, 2.75) is 32.7 Å². The summed E-state index contributed by atoms with van der Waals surface area (Å²) in [5.41, 5.74) is 7.21. The molecule has 4 nitrogen and oxygen atoms in total. The Morgan fingerprint density at radius 3 is 3.05 bits per heavy atom. The van der Waals surface area contributed by atoms with Crippen LogP contribution in [0.15, 0.2) is 36.7 Å². The molecule has 106 valence electrons. The van der Waals surface area contributed by atoms with Crippen LogP contribution in [0.25, 0.3) is 5.65 Å². The van der Waals surface area contributed by atoms with E-state index in [0.29, 0.717) is 0 Å². The van der Waals surface area contributed by atoms with Crippen molar-refractivity contribution in [3.05, 3.63) is 59.0 Å². The maximum atomic E-state index is 4.43. The zero-order valence-electron chi connectivity index (χ0n) is 12.1. The average molecular weight is 278 g/mol. The van der Waals surface area contributed by atoms with E-state index in [1.54, 1.807) is 0 Å². The number of nitrogens with one attached hydrogen (secondary N) is 1. The number of benzene rings is 1. The summed E-state index contributed by atoms with van der Waals surface area (Å²) in [7, 11) is 0. The van der Waals surface area contributed by atoms with Crippen LogP contribution in [-0.4, -0.2) is 14.6 Å². The first-order valence-corrected chi connectivity index (χ1v) is 7.44. The molecule has 1 N–H and O–H groups in total. The fourth-order valence-electron chi connectivity index (χ4n) is 3.01. The lowest BCUT2D eigenvalue weighted by molar-refractivity contribution is 0.895. The van der Waals surface area contributed by atoms with Gasteiger partial charge >= 0.3 is 0 Å². The highest BCUT2D eigenvalue weighted by Crippen LogP contribution is 2.25. The Balaban J connectivity index is 1.52.